The lowest BCUT2D eigenvalue weighted by Gasteiger charge is -2.35. The maximum Gasteiger partial charge on any atom is 0.148 e. The molecular formula is C12H21N3. The first-order valence-corrected chi connectivity index (χ1v) is 5.81. The zero-order valence-electron chi connectivity index (χ0n) is 9.95. The van der Waals surface area contributed by atoms with E-state index in [0.29, 0.717) is 11.5 Å². The molecule has 1 aromatic heterocycles. The third-order valence-electron chi connectivity index (χ3n) is 3.27. The van der Waals surface area contributed by atoms with E-state index in [1.54, 1.807) is 0 Å². The van der Waals surface area contributed by atoms with E-state index >= 15 is 0 Å². The topological polar surface area (TPSA) is 29.9 Å². The van der Waals surface area contributed by atoms with Crippen molar-refractivity contribution in [1.82, 2.24) is 9.78 Å². The molecule has 1 fully saturated rings. The van der Waals surface area contributed by atoms with Crippen molar-refractivity contribution in [2.45, 2.75) is 45.6 Å². The van der Waals surface area contributed by atoms with Crippen LogP contribution in [0, 0.1) is 5.41 Å². The summed E-state index contributed by atoms with van der Waals surface area (Å²) < 4.78 is 1.84. The molecule has 1 saturated carbocycles. The van der Waals surface area contributed by atoms with Crippen LogP contribution in [-0.4, -0.2) is 15.8 Å². The Balaban J connectivity index is 1.95. The fourth-order valence-corrected chi connectivity index (χ4v) is 2.52. The minimum absolute atomic E-state index is 0.491. The molecule has 0 unspecified atom stereocenters. The summed E-state index contributed by atoms with van der Waals surface area (Å²) in [5, 5.41) is 7.88. The van der Waals surface area contributed by atoms with Crippen molar-refractivity contribution in [3.8, 4) is 0 Å². The van der Waals surface area contributed by atoms with Crippen LogP contribution < -0.4 is 5.32 Å². The molecule has 1 N–H and O–H groups in total. The zero-order valence-corrected chi connectivity index (χ0v) is 9.95. The number of anilines is 1. The molecule has 0 saturated heterocycles. The lowest BCUT2D eigenvalue weighted by Crippen LogP contribution is -2.31. The molecule has 0 aromatic carbocycles. The van der Waals surface area contributed by atoms with E-state index in [9.17, 15) is 0 Å². The lowest BCUT2D eigenvalue weighted by atomic mass is 9.75. The number of nitrogens with one attached hydrogen (secondary N) is 1. The first-order chi connectivity index (χ1) is 7.05. The summed E-state index contributed by atoms with van der Waals surface area (Å²) in [4.78, 5) is 0. The minimum atomic E-state index is 0.491. The molecular weight excluding hydrogens is 186 g/mol. The van der Waals surface area contributed by atoms with E-state index in [2.05, 4.69) is 24.3 Å². The van der Waals surface area contributed by atoms with Crippen molar-refractivity contribution in [3.63, 3.8) is 0 Å². The van der Waals surface area contributed by atoms with Gasteiger partial charge in [0.1, 0.15) is 5.82 Å². The number of aryl methyl sites for hydroxylation is 1. The predicted octanol–water partition coefficient (Wildman–Crippen LogP) is 2.80. The Morgan fingerprint density at radius 1 is 1.53 bits per heavy atom. The third kappa shape index (κ3) is 2.74. The average molecular weight is 207 g/mol. The maximum atomic E-state index is 4.36. The Kier molecular flexibility index (Phi) is 2.72. The van der Waals surface area contributed by atoms with Crippen LogP contribution in [0.25, 0.3) is 0 Å². The Morgan fingerprint density at radius 2 is 2.33 bits per heavy atom. The number of aromatic nitrogens is 2. The van der Waals surface area contributed by atoms with E-state index in [-0.39, 0.29) is 0 Å². The Labute approximate surface area is 91.9 Å². The molecule has 84 valence electrons. The Morgan fingerprint density at radius 3 is 2.93 bits per heavy atom. The van der Waals surface area contributed by atoms with E-state index in [1.807, 2.05) is 24.0 Å². The van der Waals surface area contributed by atoms with Crippen molar-refractivity contribution in [2.24, 2.45) is 12.5 Å². The van der Waals surface area contributed by atoms with Gasteiger partial charge >= 0.3 is 0 Å². The highest BCUT2D eigenvalue weighted by Gasteiger charge is 2.27. The molecule has 0 spiro atoms. The van der Waals surface area contributed by atoms with Gasteiger partial charge in [-0.05, 0) is 24.7 Å². The van der Waals surface area contributed by atoms with Crippen LogP contribution in [0.5, 0.6) is 0 Å². The second kappa shape index (κ2) is 3.87. The molecule has 0 bridgehead atoms. The van der Waals surface area contributed by atoms with Crippen molar-refractivity contribution >= 4 is 5.82 Å². The van der Waals surface area contributed by atoms with E-state index in [1.165, 1.54) is 25.7 Å². The Hall–Kier alpha value is -0.990. The van der Waals surface area contributed by atoms with Gasteiger partial charge in [0.25, 0.3) is 0 Å². The van der Waals surface area contributed by atoms with E-state index in [0.717, 1.165) is 5.82 Å². The molecule has 1 aromatic rings. The van der Waals surface area contributed by atoms with Crippen molar-refractivity contribution < 1.29 is 0 Å². The standard InChI is InChI=1S/C12H21N3/c1-12(2)7-4-5-10(9-12)13-11-6-8-15(3)14-11/h6,8,10H,4-5,7,9H2,1-3H3,(H,13,14)/t10-/m0/s1. The number of rotatable bonds is 2. The number of nitrogens with zero attached hydrogens (tertiary/aromatic N) is 2. The molecule has 0 radical (unpaired) electrons. The molecule has 1 aliphatic rings. The summed E-state index contributed by atoms with van der Waals surface area (Å²) in [6, 6.07) is 2.64. The summed E-state index contributed by atoms with van der Waals surface area (Å²) in [6.45, 7) is 4.72. The van der Waals surface area contributed by atoms with Gasteiger partial charge in [0.2, 0.25) is 0 Å². The highest BCUT2D eigenvalue weighted by atomic mass is 15.3. The highest BCUT2D eigenvalue weighted by molar-refractivity contribution is 5.33. The fraction of sp³-hybridized carbons (Fsp3) is 0.750. The van der Waals surface area contributed by atoms with Crippen LogP contribution in [-0.2, 0) is 7.05 Å². The molecule has 0 amide bonds. The summed E-state index contributed by atoms with van der Waals surface area (Å²) in [5.41, 5.74) is 0.491. The molecule has 0 aliphatic heterocycles. The van der Waals surface area contributed by atoms with Gasteiger partial charge in [-0.25, -0.2) is 0 Å². The second-order valence-corrected chi connectivity index (χ2v) is 5.48. The van der Waals surface area contributed by atoms with Gasteiger partial charge in [-0.15, -0.1) is 0 Å². The van der Waals surface area contributed by atoms with Gasteiger partial charge in [-0.3, -0.25) is 4.68 Å². The molecule has 2 rings (SSSR count). The van der Waals surface area contributed by atoms with Gasteiger partial charge in [0.15, 0.2) is 0 Å². The Bertz CT molecular complexity index is 327. The summed E-state index contributed by atoms with van der Waals surface area (Å²) >= 11 is 0. The van der Waals surface area contributed by atoms with Gasteiger partial charge in [0, 0.05) is 25.4 Å². The molecule has 15 heavy (non-hydrogen) atoms. The van der Waals surface area contributed by atoms with Gasteiger partial charge < -0.3 is 5.32 Å². The minimum Gasteiger partial charge on any atom is -0.366 e. The number of hydrogen-bond donors (Lipinski definition) is 1. The third-order valence-corrected chi connectivity index (χ3v) is 3.27. The first-order valence-electron chi connectivity index (χ1n) is 5.81. The average Bonchev–Trinajstić information content (AvgIpc) is 2.49. The van der Waals surface area contributed by atoms with Crippen LogP contribution in [0.2, 0.25) is 0 Å². The van der Waals surface area contributed by atoms with E-state index in [4.69, 9.17) is 0 Å². The van der Waals surface area contributed by atoms with Crippen LogP contribution in [0.4, 0.5) is 5.82 Å². The van der Waals surface area contributed by atoms with E-state index < -0.39 is 0 Å². The lowest BCUT2D eigenvalue weighted by molar-refractivity contribution is 0.229. The predicted molar refractivity (Wildman–Crippen MR) is 62.9 cm³/mol. The first kappa shape index (κ1) is 10.5. The largest absolute Gasteiger partial charge is 0.366 e. The smallest absolute Gasteiger partial charge is 0.148 e. The highest BCUT2D eigenvalue weighted by Crippen LogP contribution is 2.36. The fourth-order valence-electron chi connectivity index (χ4n) is 2.52. The number of hydrogen-bond acceptors (Lipinski definition) is 2. The van der Waals surface area contributed by atoms with Crippen LogP contribution in [0.15, 0.2) is 12.3 Å². The van der Waals surface area contributed by atoms with Crippen LogP contribution in [0.1, 0.15) is 39.5 Å². The SMILES string of the molecule is Cn1ccc(N[C@H]2CCCC(C)(C)C2)n1. The molecule has 1 atom stereocenters. The monoisotopic (exact) mass is 207 g/mol. The van der Waals surface area contributed by atoms with Gasteiger partial charge in [-0.2, -0.15) is 5.10 Å². The molecule has 1 heterocycles. The normalized spacial score (nSPS) is 25.1. The van der Waals surface area contributed by atoms with Gasteiger partial charge in [0.05, 0.1) is 0 Å². The van der Waals surface area contributed by atoms with Crippen molar-refractivity contribution in [2.75, 3.05) is 5.32 Å². The van der Waals surface area contributed by atoms with Crippen molar-refractivity contribution in [3.05, 3.63) is 12.3 Å². The molecule has 3 heteroatoms. The molecule has 3 nitrogen and oxygen atoms in total. The molecule has 1 aliphatic carbocycles. The summed E-state index contributed by atoms with van der Waals surface area (Å²) in [6.07, 6.45) is 7.20. The van der Waals surface area contributed by atoms with Gasteiger partial charge in [-0.1, -0.05) is 20.3 Å². The summed E-state index contributed by atoms with van der Waals surface area (Å²) in [5.74, 6) is 1.01. The zero-order chi connectivity index (χ0) is 10.9. The van der Waals surface area contributed by atoms with Crippen LogP contribution >= 0.6 is 0 Å². The van der Waals surface area contributed by atoms with Crippen molar-refractivity contribution in [1.29, 1.82) is 0 Å². The quantitative estimate of drug-likeness (QED) is 0.808. The second-order valence-electron chi connectivity index (χ2n) is 5.48. The maximum absolute atomic E-state index is 4.36. The summed E-state index contributed by atoms with van der Waals surface area (Å²) in [7, 11) is 1.95. The van der Waals surface area contributed by atoms with Crippen LogP contribution in [0.3, 0.4) is 0 Å².